The molecule has 168 valence electrons. The van der Waals surface area contributed by atoms with Crippen molar-refractivity contribution in [1.29, 1.82) is 0 Å². The van der Waals surface area contributed by atoms with Crippen LogP contribution in [0.2, 0.25) is 5.02 Å². The van der Waals surface area contributed by atoms with Crippen molar-refractivity contribution in [3.63, 3.8) is 0 Å². The molecule has 0 atom stereocenters. The van der Waals surface area contributed by atoms with Crippen molar-refractivity contribution in [3.8, 4) is 0 Å². The molecule has 0 aliphatic rings. The van der Waals surface area contributed by atoms with Gasteiger partial charge in [0.1, 0.15) is 0 Å². The summed E-state index contributed by atoms with van der Waals surface area (Å²) in [6, 6.07) is 11.2. The predicted molar refractivity (Wildman–Crippen MR) is 132 cm³/mol. The lowest BCUT2D eigenvalue weighted by molar-refractivity contribution is 0.0977. The van der Waals surface area contributed by atoms with Crippen molar-refractivity contribution in [2.45, 2.75) is 54.1 Å². The maximum atomic E-state index is 12.9. The van der Waals surface area contributed by atoms with Crippen molar-refractivity contribution < 1.29 is 4.79 Å². The number of nitrogens with one attached hydrogen (secondary N) is 2. The molecule has 0 saturated heterocycles. The summed E-state index contributed by atoms with van der Waals surface area (Å²) in [6.45, 7) is 11.3. The third kappa shape index (κ3) is 5.98. The van der Waals surface area contributed by atoms with E-state index >= 15 is 0 Å². The molecule has 2 aromatic carbocycles. The van der Waals surface area contributed by atoms with E-state index in [1.807, 2.05) is 68.9 Å². The monoisotopic (exact) mass is 451 g/mol. The van der Waals surface area contributed by atoms with Gasteiger partial charge in [0.15, 0.2) is 0 Å². The number of aliphatic imine (C=N–C) groups is 1. The number of aryl methyl sites for hydroxylation is 5. The van der Waals surface area contributed by atoms with Gasteiger partial charge in [-0.15, -0.1) is 0 Å². The van der Waals surface area contributed by atoms with Crippen LogP contribution in [0.1, 0.15) is 51.7 Å². The van der Waals surface area contributed by atoms with Crippen LogP contribution < -0.4 is 10.6 Å². The summed E-state index contributed by atoms with van der Waals surface area (Å²) in [5.74, 6) is 0.158. The number of anilines is 1. The Morgan fingerprint density at radius 3 is 2.53 bits per heavy atom. The molecule has 3 aromatic rings. The zero-order valence-corrected chi connectivity index (χ0v) is 20.0. The zero-order valence-electron chi connectivity index (χ0n) is 19.3. The molecule has 3 rings (SSSR count). The number of guanidine groups is 1. The van der Waals surface area contributed by atoms with Gasteiger partial charge >= 0.3 is 0 Å². The van der Waals surface area contributed by atoms with Gasteiger partial charge in [-0.2, -0.15) is 5.10 Å². The van der Waals surface area contributed by atoms with Crippen molar-refractivity contribution >= 4 is 29.2 Å². The summed E-state index contributed by atoms with van der Waals surface area (Å²) in [7, 11) is 0. The number of halogens is 1. The predicted octanol–water partition coefficient (Wildman–Crippen LogP) is 5.58. The fourth-order valence-electron chi connectivity index (χ4n) is 3.29. The number of rotatable bonds is 6. The molecule has 1 aromatic heterocycles. The fourth-order valence-corrected chi connectivity index (χ4v) is 3.52. The van der Waals surface area contributed by atoms with Gasteiger partial charge in [-0.05, 0) is 81.1 Å². The molecule has 0 radical (unpaired) electrons. The number of hydrogen-bond acceptors (Lipinski definition) is 3. The maximum absolute atomic E-state index is 12.9. The van der Waals surface area contributed by atoms with E-state index in [0.717, 1.165) is 46.6 Å². The molecule has 1 amide bonds. The number of aromatic nitrogens is 2. The van der Waals surface area contributed by atoms with Crippen molar-refractivity contribution in [1.82, 2.24) is 15.1 Å². The summed E-state index contributed by atoms with van der Waals surface area (Å²) < 4.78 is 1.93. The summed E-state index contributed by atoms with van der Waals surface area (Å²) in [5.41, 5.74) is 6.53. The molecule has 0 saturated carbocycles. The van der Waals surface area contributed by atoms with E-state index in [-0.39, 0.29) is 5.91 Å². The number of carbonyl (C=O) groups is 1. The average Bonchev–Trinajstić information content (AvgIpc) is 3.09. The Hall–Kier alpha value is -3.12. The molecule has 0 unspecified atom stereocenters. The van der Waals surface area contributed by atoms with Gasteiger partial charge < -0.3 is 5.32 Å². The topological polar surface area (TPSA) is 71.3 Å². The summed E-state index contributed by atoms with van der Waals surface area (Å²) in [5, 5.41) is 11.4. The van der Waals surface area contributed by atoms with Gasteiger partial charge in [-0.25, -0.2) is 4.99 Å². The van der Waals surface area contributed by atoms with Crippen LogP contribution in [0, 0.1) is 27.7 Å². The minimum absolute atomic E-state index is 0.218. The first-order chi connectivity index (χ1) is 15.3. The Kier molecular flexibility index (Phi) is 7.70. The van der Waals surface area contributed by atoms with E-state index < -0.39 is 0 Å². The Morgan fingerprint density at radius 1 is 1.06 bits per heavy atom. The minimum atomic E-state index is -0.218. The quantitative estimate of drug-likeness (QED) is 0.379. The molecule has 7 heteroatoms. The van der Waals surface area contributed by atoms with E-state index in [1.54, 1.807) is 6.07 Å². The summed E-state index contributed by atoms with van der Waals surface area (Å²) in [4.78, 5) is 17.6. The van der Waals surface area contributed by atoms with Gasteiger partial charge in [0, 0.05) is 34.6 Å². The Bertz CT molecular complexity index is 1150. The first-order valence-corrected chi connectivity index (χ1v) is 11.1. The third-order valence-corrected chi connectivity index (χ3v) is 5.59. The normalized spacial score (nSPS) is 11.5. The highest BCUT2D eigenvalue weighted by atomic mass is 35.5. The van der Waals surface area contributed by atoms with Gasteiger partial charge in [-0.1, -0.05) is 24.6 Å². The van der Waals surface area contributed by atoms with E-state index in [2.05, 4.69) is 27.6 Å². The molecule has 0 aliphatic heterocycles. The van der Waals surface area contributed by atoms with Crippen LogP contribution in [0.25, 0.3) is 0 Å². The lowest BCUT2D eigenvalue weighted by Gasteiger charge is -2.14. The Labute approximate surface area is 194 Å². The highest BCUT2D eigenvalue weighted by molar-refractivity contribution is 6.30. The van der Waals surface area contributed by atoms with Crippen LogP contribution in [-0.4, -0.2) is 21.6 Å². The van der Waals surface area contributed by atoms with Crippen LogP contribution in [0.15, 0.2) is 47.6 Å². The first kappa shape index (κ1) is 23.5. The largest absolute Gasteiger partial charge is 0.326 e. The number of nitrogens with zero attached hydrogens (tertiary/aromatic N) is 3. The van der Waals surface area contributed by atoms with Crippen LogP contribution in [0.3, 0.4) is 0 Å². The highest BCUT2D eigenvalue weighted by Gasteiger charge is 2.12. The van der Waals surface area contributed by atoms with Crippen molar-refractivity contribution in [2.75, 3.05) is 5.32 Å². The van der Waals surface area contributed by atoms with Crippen LogP contribution >= 0.6 is 11.6 Å². The lowest BCUT2D eigenvalue weighted by Crippen LogP contribution is -2.36. The van der Waals surface area contributed by atoms with Crippen LogP contribution in [0.5, 0.6) is 0 Å². The maximum Gasteiger partial charge on any atom is 0.257 e. The van der Waals surface area contributed by atoms with Gasteiger partial charge in [-0.3, -0.25) is 14.8 Å². The Balaban J connectivity index is 1.86. The van der Waals surface area contributed by atoms with E-state index in [4.69, 9.17) is 11.6 Å². The molecule has 0 fully saturated rings. The van der Waals surface area contributed by atoms with Gasteiger partial charge in [0.25, 0.3) is 5.91 Å². The second kappa shape index (κ2) is 10.5. The summed E-state index contributed by atoms with van der Waals surface area (Å²) in [6.07, 6.45) is 3.02. The fraction of sp³-hybridized carbons (Fsp3) is 0.320. The van der Waals surface area contributed by atoms with Crippen LogP contribution in [0.4, 0.5) is 5.69 Å². The number of hydrogen-bond donors (Lipinski definition) is 2. The molecule has 0 spiro atoms. The zero-order chi connectivity index (χ0) is 23.3. The van der Waals surface area contributed by atoms with Crippen molar-refractivity contribution in [2.24, 2.45) is 4.99 Å². The third-order valence-electron chi connectivity index (χ3n) is 5.35. The molecular weight excluding hydrogens is 422 g/mol. The minimum Gasteiger partial charge on any atom is -0.326 e. The summed E-state index contributed by atoms with van der Waals surface area (Å²) >= 11 is 6.09. The molecule has 0 aliphatic carbocycles. The first-order valence-electron chi connectivity index (χ1n) is 10.8. The SMILES string of the molecule is CCCn1cc(CN=C(NC(=O)c2ccc(C)c(C)c2)Nc2ccc(Cl)cc2C)c(C)n1. The second-order valence-corrected chi connectivity index (χ2v) is 8.44. The molecule has 6 nitrogen and oxygen atoms in total. The van der Waals surface area contributed by atoms with E-state index in [1.165, 1.54) is 0 Å². The second-order valence-electron chi connectivity index (χ2n) is 8.01. The number of amides is 1. The van der Waals surface area contributed by atoms with Gasteiger partial charge in [0.2, 0.25) is 5.96 Å². The highest BCUT2D eigenvalue weighted by Crippen LogP contribution is 2.20. The molecule has 2 N–H and O–H groups in total. The van der Waals surface area contributed by atoms with Gasteiger partial charge in [0.05, 0.1) is 12.2 Å². The van der Waals surface area contributed by atoms with E-state index in [9.17, 15) is 4.79 Å². The molecular formula is C25H30ClN5O. The average molecular weight is 452 g/mol. The standard InChI is InChI=1S/C25H30ClN5O/c1-6-11-31-15-21(19(5)30-31)14-27-25(28-23-10-9-22(26)13-18(23)4)29-24(32)20-8-7-16(2)17(3)12-20/h7-10,12-13,15H,6,11,14H2,1-5H3,(H2,27,28,29,32). The number of carbonyl (C=O) groups excluding carboxylic acids is 1. The molecule has 1 heterocycles. The van der Waals surface area contributed by atoms with E-state index in [0.29, 0.717) is 23.1 Å². The lowest BCUT2D eigenvalue weighted by atomic mass is 10.1. The van der Waals surface area contributed by atoms with Crippen LogP contribution in [-0.2, 0) is 13.1 Å². The smallest absolute Gasteiger partial charge is 0.257 e. The Morgan fingerprint density at radius 2 is 1.84 bits per heavy atom. The number of benzene rings is 2. The van der Waals surface area contributed by atoms with Crippen molar-refractivity contribution in [3.05, 3.63) is 81.1 Å². The molecule has 0 bridgehead atoms. The molecule has 32 heavy (non-hydrogen) atoms.